The number of aromatic nitrogens is 2. The van der Waals surface area contributed by atoms with Crippen LogP contribution in [-0.2, 0) is 4.74 Å². The second-order valence-electron chi connectivity index (χ2n) is 5.77. The maximum atomic E-state index is 13.6. The Bertz CT molecular complexity index is 1000. The van der Waals surface area contributed by atoms with E-state index in [0.717, 1.165) is 12.1 Å². The van der Waals surface area contributed by atoms with Crippen molar-refractivity contribution in [3.63, 3.8) is 0 Å². The van der Waals surface area contributed by atoms with E-state index in [9.17, 15) is 18.4 Å². The number of carbonyl (C=O) groups is 2. The third-order valence-corrected chi connectivity index (χ3v) is 3.77. The fourth-order valence-corrected chi connectivity index (χ4v) is 2.35. The van der Waals surface area contributed by atoms with Crippen LogP contribution in [-0.4, -0.2) is 28.5 Å². The zero-order valence-corrected chi connectivity index (χ0v) is 15.3. The van der Waals surface area contributed by atoms with Gasteiger partial charge in [-0.1, -0.05) is 6.07 Å². The van der Waals surface area contributed by atoms with Crippen molar-refractivity contribution in [3.8, 4) is 0 Å². The molecular formula is C20H16F2N4O3. The van der Waals surface area contributed by atoms with Crippen LogP contribution < -0.4 is 10.6 Å². The minimum atomic E-state index is -0.885. The van der Waals surface area contributed by atoms with Crippen molar-refractivity contribution in [2.75, 3.05) is 17.2 Å². The highest BCUT2D eigenvalue weighted by molar-refractivity contribution is 6.04. The normalized spacial score (nSPS) is 10.3. The zero-order valence-electron chi connectivity index (χ0n) is 15.3. The molecule has 1 amide bonds. The van der Waals surface area contributed by atoms with Crippen molar-refractivity contribution in [3.05, 3.63) is 77.6 Å². The standard InChI is InChI=1S/C20H16F2N4O3/c1-2-29-19(28)12-6-8-14(9-7-12)25-20-23-10-13(11-24-20)18(27)26-17-15(21)4-3-5-16(17)22/h3-11H,2H2,1H3,(H,26,27)(H,23,24,25). The molecule has 0 radical (unpaired) electrons. The van der Waals surface area contributed by atoms with Crippen LogP contribution in [0.5, 0.6) is 0 Å². The van der Waals surface area contributed by atoms with E-state index < -0.39 is 29.2 Å². The Morgan fingerprint density at radius 1 is 0.966 bits per heavy atom. The molecule has 2 N–H and O–H groups in total. The first-order chi connectivity index (χ1) is 14.0. The monoisotopic (exact) mass is 398 g/mol. The molecule has 0 bridgehead atoms. The highest BCUT2D eigenvalue weighted by atomic mass is 19.1. The predicted octanol–water partition coefficient (Wildman–Crippen LogP) is 3.93. The molecule has 3 rings (SSSR count). The topological polar surface area (TPSA) is 93.2 Å². The van der Waals surface area contributed by atoms with Crippen LogP contribution in [0.25, 0.3) is 0 Å². The van der Waals surface area contributed by atoms with Gasteiger partial charge in [0.05, 0.1) is 17.7 Å². The van der Waals surface area contributed by atoms with Crippen molar-refractivity contribution < 1.29 is 23.1 Å². The van der Waals surface area contributed by atoms with Crippen molar-refractivity contribution in [1.29, 1.82) is 0 Å². The molecule has 29 heavy (non-hydrogen) atoms. The summed E-state index contributed by atoms with van der Waals surface area (Å²) in [6.07, 6.45) is 2.44. The van der Waals surface area contributed by atoms with E-state index in [4.69, 9.17) is 4.74 Å². The lowest BCUT2D eigenvalue weighted by Gasteiger charge is -2.08. The second kappa shape index (κ2) is 8.87. The molecule has 2 aromatic carbocycles. The van der Waals surface area contributed by atoms with Gasteiger partial charge in [-0.25, -0.2) is 23.5 Å². The summed E-state index contributed by atoms with van der Waals surface area (Å²) in [5, 5.41) is 5.07. The third-order valence-electron chi connectivity index (χ3n) is 3.77. The molecule has 0 atom stereocenters. The Hall–Kier alpha value is -3.88. The molecule has 0 aliphatic rings. The van der Waals surface area contributed by atoms with E-state index in [1.54, 1.807) is 31.2 Å². The number of nitrogens with one attached hydrogen (secondary N) is 2. The number of nitrogens with zero attached hydrogens (tertiary/aromatic N) is 2. The summed E-state index contributed by atoms with van der Waals surface area (Å²) in [6.45, 7) is 2.01. The van der Waals surface area contributed by atoms with Crippen molar-refractivity contribution in [1.82, 2.24) is 9.97 Å². The number of rotatable bonds is 6. The third kappa shape index (κ3) is 4.89. The van der Waals surface area contributed by atoms with E-state index >= 15 is 0 Å². The first-order valence-electron chi connectivity index (χ1n) is 8.59. The number of hydrogen-bond acceptors (Lipinski definition) is 6. The van der Waals surface area contributed by atoms with Crippen molar-refractivity contribution in [2.45, 2.75) is 6.92 Å². The molecule has 0 saturated heterocycles. The molecular weight excluding hydrogens is 382 g/mol. The van der Waals surface area contributed by atoms with Gasteiger partial charge in [-0.3, -0.25) is 4.79 Å². The van der Waals surface area contributed by atoms with Gasteiger partial charge in [0, 0.05) is 18.1 Å². The molecule has 0 saturated carbocycles. The molecule has 0 aliphatic carbocycles. The van der Waals surface area contributed by atoms with Gasteiger partial charge in [0.2, 0.25) is 5.95 Å². The fourth-order valence-electron chi connectivity index (χ4n) is 2.35. The Labute approximate surface area is 164 Å². The molecule has 0 unspecified atom stereocenters. The predicted molar refractivity (Wildman–Crippen MR) is 102 cm³/mol. The van der Waals surface area contributed by atoms with E-state index in [1.165, 1.54) is 18.5 Å². The van der Waals surface area contributed by atoms with Gasteiger partial charge in [0.25, 0.3) is 5.91 Å². The van der Waals surface area contributed by atoms with Gasteiger partial charge < -0.3 is 15.4 Å². The minimum absolute atomic E-state index is 0.0239. The highest BCUT2D eigenvalue weighted by Crippen LogP contribution is 2.19. The van der Waals surface area contributed by atoms with Crippen LogP contribution in [0.3, 0.4) is 0 Å². The maximum absolute atomic E-state index is 13.6. The molecule has 1 aromatic heterocycles. The summed E-state index contributed by atoms with van der Waals surface area (Å²) in [5.74, 6) is -2.74. The Kier molecular flexibility index (Phi) is 6.08. The molecule has 3 aromatic rings. The number of esters is 1. The first-order valence-corrected chi connectivity index (χ1v) is 8.59. The van der Waals surface area contributed by atoms with Gasteiger partial charge in [-0.2, -0.15) is 0 Å². The Morgan fingerprint density at radius 3 is 2.17 bits per heavy atom. The lowest BCUT2D eigenvalue weighted by Crippen LogP contribution is -2.15. The van der Waals surface area contributed by atoms with Crippen LogP contribution in [0.15, 0.2) is 54.9 Å². The molecule has 0 fully saturated rings. The number of para-hydroxylation sites is 1. The fraction of sp³-hybridized carbons (Fsp3) is 0.100. The highest BCUT2D eigenvalue weighted by Gasteiger charge is 2.14. The van der Waals surface area contributed by atoms with Gasteiger partial charge in [-0.15, -0.1) is 0 Å². The molecule has 9 heteroatoms. The molecule has 0 aliphatic heterocycles. The van der Waals surface area contributed by atoms with Crippen molar-refractivity contribution in [2.24, 2.45) is 0 Å². The van der Waals surface area contributed by atoms with Gasteiger partial charge in [-0.05, 0) is 43.3 Å². The van der Waals surface area contributed by atoms with Crippen LogP contribution in [0.2, 0.25) is 0 Å². The maximum Gasteiger partial charge on any atom is 0.338 e. The molecule has 148 valence electrons. The quantitative estimate of drug-likeness (QED) is 0.611. The average molecular weight is 398 g/mol. The van der Waals surface area contributed by atoms with Gasteiger partial charge in [0.1, 0.15) is 17.3 Å². The number of ether oxygens (including phenoxy) is 1. The smallest absolute Gasteiger partial charge is 0.338 e. The van der Waals surface area contributed by atoms with Crippen LogP contribution in [0.4, 0.5) is 26.1 Å². The summed E-state index contributed by atoms with van der Waals surface area (Å²) in [7, 11) is 0. The second-order valence-corrected chi connectivity index (χ2v) is 5.77. The van der Waals surface area contributed by atoms with E-state index in [0.29, 0.717) is 11.3 Å². The minimum Gasteiger partial charge on any atom is -0.462 e. The summed E-state index contributed by atoms with van der Waals surface area (Å²) >= 11 is 0. The average Bonchev–Trinajstić information content (AvgIpc) is 2.72. The van der Waals surface area contributed by atoms with Gasteiger partial charge >= 0.3 is 5.97 Å². The molecule has 7 nitrogen and oxygen atoms in total. The van der Waals surface area contributed by atoms with Crippen LogP contribution in [0, 0.1) is 11.6 Å². The summed E-state index contributed by atoms with van der Waals surface area (Å²) in [6, 6.07) is 9.75. The van der Waals surface area contributed by atoms with Crippen molar-refractivity contribution >= 4 is 29.2 Å². The number of benzene rings is 2. The Balaban J connectivity index is 1.65. The summed E-state index contributed by atoms with van der Waals surface area (Å²) < 4.78 is 32.2. The van der Waals surface area contributed by atoms with E-state index in [-0.39, 0.29) is 18.1 Å². The zero-order chi connectivity index (χ0) is 20.8. The number of anilines is 3. The largest absolute Gasteiger partial charge is 0.462 e. The number of amides is 1. The number of halogens is 2. The SMILES string of the molecule is CCOC(=O)c1ccc(Nc2ncc(C(=O)Nc3c(F)cccc3F)cn2)cc1. The van der Waals surface area contributed by atoms with Crippen LogP contribution in [0.1, 0.15) is 27.6 Å². The Morgan fingerprint density at radius 2 is 1.59 bits per heavy atom. The molecule has 1 heterocycles. The first kappa shape index (κ1) is 19.9. The lowest BCUT2D eigenvalue weighted by atomic mass is 10.2. The van der Waals surface area contributed by atoms with Gasteiger partial charge in [0.15, 0.2) is 0 Å². The van der Waals surface area contributed by atoms with E-state index in [2.05, 4.69) is 20.6 Å². The number of carbonyl (C=O) groups excluding carboxylic acids is 2. The number of hydrogen-bond donors (Lipinski definition) is 2. The summed E-state index contributed by atoms with van der Waals surface area (Å²) in [4.78, 5) is 31.8. The lowest BCUT2D eigenvalue weighted by molar-refractivity contribution is 0.0526. The van der Waals surface area contributed by atoms with Crippen LogP contribution >= 0.6 is 0 Å². The van der Waals surface area contributed by atoms with E-state index in [1.807, 2.05) is 0 Å². The molecule has 0 spiro atoms. The summed E-state index contributed by atoms with van der Waals surface area (Å²) in [5.41, 5.74) is 0.506.